The van der Waals surface area contributed by atoms with E-state index in [0.29, 0.717) is 6.42 Å². The summed E-state index contributed by atoms with van der Waals surface area (Å²) in [5, 5.41) is 0. The third kappa shape index (κ3) is 3.19. The highest BCUT2D eigenvalue weighted by Gasteiger charge is 2.00. The Labute approximate surface area is 49.2 Å². The van der Waals surface area contributed by atoms with E-state index in [1.54, 1.807) is 6.92 Å². The van der Waals surface area contributed by atoms with Crippen LogP contribution in [-0.2, 0) is 9.09 Å². The van der Waals surface area contributed by atoms with E-state index in [4.69, 9.17) is 0 Å². The molecule has 0 aliphatic heterocycles. The Bertz CT molecular complexity index is 101. The first-order chi connectivity index (χ1) is 3.62. The van der Waals surface area contributed by atoms with Crippen LogP contribution in [0.3, 0.4) is 0 Å². The van der Waals surface area contributed by atoms with Crippen molar-refractivity contribution in [3.8, 4) is 0 Å². The minimum Gasteiger partial charge on any atom is -0.779 e. The molecule has 0 bridgehead atoms. The molecule has 0 heterocycles. The van der Waals surface area contributed by atoms with Crippen LogP contribution < -0.4 is 4.89 Å². The van der Waals surface area contributed by atoms with Crippen molar-refractivity contribution in [1.82, 2.24) is 0 Å². The Morgan fingerprint density at radius 1 is 1.75 bits per heavy atom. The predicted octanol–water partition coefficient (Wildman–Crippen LogP) is 0.596. The lowest BCUT2D eigenvalue weighted by Gasteiger charge is -2.18. The molecule has 0 saturated carbocycles. The molecule has 0 N–H and O–H groups in total. The molecule has 1 atom stereocenters. The van der Waals surface area contributed by atoms with Gasteiger partial charge in [-0.25, -0.2) is 0 Å². The van der Waals surface area contributed by atoms with Crippen LogP contribution in [0, 0.1) is 0 Å². The summed E-state index contributed by atoms with van der Waals surface area (Å²) in [5.41, 5.74) is 0. The second kappa shape index (κ2) is 3.23. The van der Waals surface area contributed by atoms with Gasteiger partial charge in [-0.15, -0.1) is 0 Å². The summed E-state index contributed by atoms with van der Waals surface area (Å²) in [6.45, 7) is 1.80. The standard InChI is InChI=1S/C4H11O3P/c1-3-4-8(5,6)7-2/h3-4H2,1-2H3,(H,5,6)/p-1. The van der Waals surface area contributed by atoms with E-state index in [1.807, 2.05) is 0 Å². The minimum atomic E-state index is -3.42. The Morgan fingerprint density at radius 2 is 2.25 bits per heavy atom. The van der Waals surface area contributed by atoms with Gasteiger partial charge < -0.3 is 14.0 Å². The summed E-state index contributed by atoms with van der Waals surface area (Å²) in [7, 11) is -2.24. The van der Waals surface area contributed by atoms with Crippen LogP contribution in [0.4, 0.5) is 0 Å². The van der Waals surface area contributed by atoms with Gasteiger partial charge in [-0.1, -0.05) is 6.92 Å². The third-order valence-corrected chi connectivity index (χ3v) is 2.33. The molecule has 0 rings (SSSR count). The highest BCUT2D eigenvalue weighted by atomic mass is 31.2. The topological polar surface area (TPSA) is 49.4 Å². The van der Waals surface area contributed by atoms with Crippen LogP contribution in [0.1, 0.15) is 13.3 Å². The van der Waals surface area contributed by atoms with Crippen LogP contribution in [-0.4, -0.2) is 13.3 Å². The van der Waals surface area contributed by atoms with Gasteiger partial charge in [0.05, 0.1) is 0 Å². The second-order valence-corrected chi connectivity index (χ2v) is 3.55. The van der Waals surface area contributed by atoms with Crippen molar-refractivity contribution < 1.29 is 14.0 Å². The van der Waals surface area contributed by atoms with E-state index in [0.717, 1.165) is 0 Å². The lowest BCUT2D eigenvalue weighted by molar-refractivity contribution is -0.196. The van der Waals surface area contributed by atoms with Crippen molar-refractivity contribution in [3.63, 3.8) is 0 Å². The van der Waals surface area contributed by atoms with Gasteiger partial charge in [0.15, 0.2) is 0 Å². The van der Waals surface area contributed by atoms with Crippen molar-refractivity contribution in [2.75, 3.05) is 13.3 Å². The Morgan fingerprint density at radius 3 is 2.38 bits per heavy atom. The highest BCUT2D eigenvalue weighted by Crippen LogP contribution is 2.35. The SMILES string of the molecule is CCCP(=O)([O-])OC. The van der Waals surface area contributed by atoms with Crippen LogP contribution in [0.25, 0.3) is 0 Å². The van der Waals surface area contributed by atoms with Gasteiger partial charge >= 0.3 is 0 Å². The first-order valence-corrected chi connectivity index (χ1v) is 4.21. The molecule has 0 amide bonds. The maximum Gasteiger partial charge on any atom is 0.134 e. The smallest absolute Gasteiger partial charge is 0.134 e. The van der Waals surface area contributed by atoms with Crippen LogP contribution in [0.5, 0.6) is 0 Å². The van der Waals surface area contributed by atoms with E-state index in [1.165, 1.54) is 7.11 Å². The molecule has 0 saturated heterocycles. The van der Waals surface area contributed by atoms with Gasteiger partial charge in [0.25, 0.3) is 0 Å². The van der Waals surface area contributed by atoms with Gasteiger partial charge in [-0.05, 0) is 6.42 Å². The predicted molar refractivity (Wildman–Crippen MR) is 29.8 cm³/mol. The average molecular weight is 137 g/mol. The second-order valence-electron chi connectivity index (χ2n) is 1.52. The summed E-state index contributed by atoms with van der Waals surface area (Å²) in [5.74, 6) is 0. The molecule has 1 unspecified atom stereocenters. The molecule has 0 aliphatic carbocycles. The van der Waals surface area contributed by atoms with Gasteiger partial charge in [-0.2, -0.15) is 0 Å². The molecule has 4 heteroatoms. The largest absolute Gasteiger partial charge is 0.779 e. The Hall–Kier alpha value is 0.150. The summed E-state index contributed by atoms with van der Waals surface area (Å²) in [6.07, 6.45) is 0.762. The van der Waals surface area contributed by atoms with Crippen molar-refractivity contribution in [1.29, 1.82) is 0 Å². The summed E-state index contributed by atoms with van der Waals surface area (Å²) >= 11 is 0. The summed E-state index contributed by atoms with van der Waals surface area (Å²) < 4.78 is 14.6. The Kier molecular flexibility index (Phi) is 3.29. The lowest BCUT2D eigenvalue weighted by atomic mass is 10.6. The maximum atomic E-state index is 10.4. The molecule has 0 radical (unpaired) electrons. The zero-order valence-corrected chi connectivity index (χ0v) is 5.98. The molecule has 0 aromatic heterocycles. The van der Waals surface area contributed by atoms with Crippen LogP contribution in [0.15, 0.2) is 0 Å². The van der Waals surface area contributed by atoms with Gasteiger partial charge in [0.1, 0.15) is 7.60 Å². The van der Waals surface area contributed by atoms with Gasteiger partial charge in [0, 0.05) is 13.3 Å². The number of hydrogen-bond donors (Lipinski definition) is 0. The molecular formula is C4H10O3P-. The number of hydrogen-bond acceptors (Lipinski definition) is 3. The van der Waals surface area contributed by atoms with Crippen molar-refractivity contribution >= 4 is 7.60 Å². The van der Waals surface area contributed by atoms with Crippen LogP contribution in [0.2, 0.25) is 0 Å². The molecule has 0 fully saturated rings. The fraction of sp³-hybridized carbons (Fsp3) is 1.00. The number of rotatable bonds is 3. The van der Waals surface area contributed by atoms with E-state index >= 15 is 0 Å². The van der Waals surface area contributed by atoms with Crippen molar-refractivity contribution in [3.05, 3.63) is 0 Å². The molecule has 8 heavy (non-hydrogen) atoms. The minimum absolute atomic E-state index is 0.142. The lowest BCUT2D eigenvalue weighted by Crippen LogP contribution is -2.05. The molecule has 0 spiro atoms. The molecule has 0 aromatic rings. The first kappa shape index (κ1) is 8.15. The van der Waals surface area contributed by atoms with E-state index < -0.39 is 7.60 Å². The zero-order valence-electron chi connectivity index (χ0n) is 5.09. The van der Waals surface area contributed by atoms with Crippen molar-refractivity contribution in [2.45, 2.75) is 13.3 Å². The molecule has 50 valence electrons. The Balaban J connectivity index is 3.55. The van der Waals surface area contributed by atoms with E-state index in [9.17, 15) is 9.46 Å². The summed E-state index contributed by atoms with van der Waals surface area (Å²) in [6, 6.07) is 0. The van der Waals surface area contributed by atoms with E-state index in [2.05, 4.69) is 4.52 Å². The normalized spacial score (nSPS) is 17.9. The van der Waals surface area contributed by atoms with Crippen molar-refractivity contribution in [2.24, 2.45) is 0 Å². The fourth-order valence-corrected chi connectivity index (χ4v) is 1.10. The molecule has 0 aromatic carbocycles. The molecule has 0 aliphatic rings. The van der Waals surface area contributed by atoms with E-state index in [-0.39, 0.29) is 6.16 Å². The monoisotopic (exact) mass is 137 g/mol. The zero-order chi connectivity index (χ0) is 6.62. The highest BCUT2D eigenvalue weighted by molar-refractivity contribution is 7.51. The molecular weight excluding hydrogens is 127 g/mol. The first-order valence-electron chi connectivity index (χ1n) is 2.48. The summed E-state index contributed by atoms with van der Waals surface area (Å²) in [4.78, 5) is 10.4. The fourth-order valence-electron chi connectivity index (χ4n) is 0.365. The van der Waals surface area contributed by atoms with Gasteiger partial charge in [-0.3, -0.25) is 0 Å². The van der Waals surface area contributed by atoms with Gasteiger partial charge in [0.2, 0.25) is 0 Å². The maximum absolute atomic E-state index is 10.4. The molecule has 3 nitrogen and oxygen atoms in total. The third-order valence-electron chi connectivity index (χ3n) is 0.776. The average Bonchev–Trinajstić information content (AvgIpc) is 1.67. The van der Waals surface area contributed by atoms with Crippen LogP contribution >= 0.6 is 7.60 Å². The quantitative estimate of drug-likeness (QED) is 0.535.